The molecule has 2 aliphatic rings. The third-order valence-corrected chi connectivity index (χ3v) is 2.13. The number of hydrogen-bond donors (Lipinski definition) is 1. The van der Waals surface area contributed by atoms with Crippen LogP contribution in [-0.4, -0.2) is 16.8 Å². The van der Waals surface area contributed by atoms with Crippen molar-refractivity contribution in [3.63, 3.8) is 0 Å². The van der Waals surface area contributed by atoms with Gasteiger partial charge in [0.2, 0.25) is 5.75 Å². The lowest BCUT2D eigenvalue weighted by atomic mass is 10.1. The molecule has 14 heavy (non-hydrogen) atoms. The summed E-state index contributed by atoms with van der Waals surface area (Å²) in [6, 6.07) is 2.75. The summed E-state index contributed by atoms with van der Waals surface area (Å²) in [5.74, 6) is -1.88. The van der Waals surface area contributed by atoms with Crippen molar-refractivity contribution in [2.45, 2.75) is 0 Å². The molecule has 4 bridgehead atoms. The van der Waals surface area contributed by atoms with E-state index in [1.165, 1.54) is 12.1 Å². The monoisotopic (exact) mass is 193 g/mol. The van der Waals surface area contributed by atoms with Gasteiger partial charge in [0.15, 0.2) is 5.75 Å². The lowest BCUT2D eigenvalue weighted by Gasteiger charge is -2.19. The molecule has 6 nitrogen and oxygen atoms in total. The second-order valence-corrected chi connectivity index (χ2v) is 2.89. The van der Waals surface area contributed by atoms with Crippen LogP contribution in [-0.2, 0) is 9.78 Å². The van der Waals surface area contributed by atoms with Crippen LogP contribution in [0.2, 0.25) is 0 Å². The lowest BCUT2D eigenvalue weighted by molar-refractivity contribution is -0.220. The number of ketones is 1. The molecule has 0 spiro atoms. The Balaban J connectivity index is 2.41. The summed E-state index contributed by atoms with van der Waals surface area (Å²) in [5.41, 5.74) is 0.361. The van der Waals surface area contributed by atoms with E-state index < -0.39 is 11.7 Å². The second kappa shape index (κ2) is 2.05. The molecule has 2 aliphatic heterocycles. The van der Waals surface area contributed by atoms with E-state index in [4.69, 9.17) is 0 Å². The molecule has 0 radical (unpaired) electrons. The van der Waals surface area contributed by atoms with Gasteiger partial charge >= 0.3 is 5.91 Å². The van der Waals surface area contributed by atoms with Crippen LogP contribution in [0.1, 0.15) is 10.4 Å². The van der Waals surface area contributed by atoms with Crippen molar-refractivity contribution in [2.24, 2.45) is 0 Å². The first-order valence-corrected chi connectivity index (χ1v) is 3.79. The summed E-state index contributed by atoms with van der Waals surface area (Å²) >= 11 is 0. The average Bonchev–Trinajstić information content (AvgIpc) is 2.33. The molecule has 1 N–H and O–H groups in total. The van der Waals surface area contributed by atoms with Crippen LogP contribution in [0.15, 0.2) is 12.1 Å². The number of phenolic OH excluding ortho intramolecular Hbond substituents is 1. The zero-order chi connectivity index (χ0) is 9.87. The minimum atomic E-state index is -0.815. The Morgan fingerprint density at radius 3 is 2.86 bits per heavy atom. The fourth-order valence-electron chi connectivity index (χ4n) is 1.49. The maximum atomic E-state index is 11.4. The maximum absolute atomic E-state index is 11.4. The zero-order valence-electron chi connectivity index (χ0n) is 6.68. The number of nitrogens with zero attached hydrogens (tertiary/aromatic N) is 1. The number of hydroxylamine groups is 1. The maximum Gasteiger partial charge on any atom is 0.326 e. The van der Waals surface area contributed by atoms with Crippen molar-refractivity contribution < 1.29 is 24.6 Å². The largest absolute Gasteiger partial charge is 0.504 e. The Bertz CT molecular complexity index is 481. The zero-order valence-corrected chi connectivity index (χ0v) is 6.68. The number of anilines is 1. The highest BCUT2D eigenvalue weighted by molar-refractivity contribution is 6.52. The van der Waals surface area contributed by atoms with Crippen molar-refractivity contribution >= 4 is 17.4 Å². The molecule has 1 aromatic carbocycles. The molecular formula is C8H3NO5. The molecule has 0 aromatic heterocycles. The SMILES string of the molecule is O=C1C(=O)N2OOc3c(O)ccc2c31. The molecule has 0 atom stereocenters. The molecule has 3 rings (SSSR count). The van der Waals surface area contributed by atoms with Gasteiger partial charge in [-0.1, -0.05) is 4.99 Å². The standard InChI is InChI=1S/C8H3NO5/c10-4-2-1-3-5-6(11)8(12)9(3)14-13-7(4)5/h1-2,10H. The third-order valence-electron chi connectivity index (χ3n) is 2.13. The average molecular weight is 193 g/mol. The van der Waals surface area contributed by atoms with Crippen LogP contribution >= 0.6 is 0 Å². The summed E-state index contributed by atoms with van der Waals surface area (Å²) in [7, 11) is 0. The number of phenols is 1. The predicted octanol–water partition coefficient (Wildman–Crippen LogP) is 0.160. The van der Waals surface area contributed by atoms with Gasteiger partial charge in [0.05, 0.1) is 5.69 Å². The van der Waals surface area contributed by atoms with E-state index in [9.17, 15) is 14.7 Å². The van der Waals surface area contributed by atoms with E-state index in [0.717, 1.165) is 5.06 Å². The van der Waals surface area contributed by atoms with Gasteiger partial charge in [-0.05, 0) is 12.1 Å². The van der Waals surface area contributed by atoms with Gasteiger partial charge in [0.25, 0.3) is 5.78 Å². The van der Waals surface area contributed by atoms with Crippen LogP contribution in [0.5, 0.6) is 11.5 Å². The number of benzene rings is 1. The van der Waals surface area contributed by atoms with Crippen LogP contribution in [0.4, 0.5) is 5.69 Å². The molecule has 0 saturated heterocycles. The van der Waals surface area contributed by atoms with Gasteiger partial charge in [-0.2, -0.15) is 0 Å². The lowest BCUT2D eigenvalue weighted by Crippen LogP contribution is -2.30. The van der Waals surface area contributed by atoms with E-state index >= 15 is 0 Å². The number of aromatic hydroxyl groups is 1. The third kappa shape index (κ3) is 0.612. The van der Waals surface area contributed by atoms with Crippen molar-refractivity contribution in [1.82, 2.24) is 0 Å². The summed E-state index contributed by atoms with van der Waals surface area (Å²) in [4.78, 5) is 31.7. The van der Waals surface area contributed by atoms with Crippen LogP contribution in [0, 0.1) is 0 Å². The number of rotatable bonds is 0. The summed E-state index contributed by atoms with van der Waals surface area (Å²) in [6.07, 6.45) is 0. The van der Waals surface area contributed by atoms with Crippen molar-refractivity contribution in [1.29, 1.82) is 0 Å². The van der Waals surface area contributed by atoms with Crippen molar-refractivity contribution in [3.8, 4) is 11.5 Å². The minimum Gasteiger partial charge on any atom is -0.504 e. The van der Waals surface area contributed by atoms with E-state index in [1.54, 1.807) is 0 Å². The molecular weight excluding hydrogens is 190 g/mol. The van der Waals surface area contributed by atoms with Crippen LogP contribution in [0.25, 0.3) is 0 Å². The van der Waals surface area contributed by atoms with Gasteiger partial charge in [-0.15, -0.1) is 5.06 Å². The van der Waals surface area contributed by atoms with Crippen molar-refractivity contribution in [3.05, 3.63) is 17.7 Å². The Morgan fingerprint density at radius 1 is 1.29 bits per heavy atom. The van der Waals surface area contributed by atoms with Crippen LogP contribution in [0.3, 0.4) is 0 Å². The van der Waals surface area contributed by atoms with E-state index in [1.807, 2.05) is 0 Å². The minimum absolute atomic E-state index is 0.0567. The van der Waals surface area contributed by atoms with E-state index in [-0.39, 0.29) is 17.1 Å². The molecule has 0 unspecified atom stereocenters. The Morgan fingerprint density at radius 2 is 2.07 bits per heavy atom. The van der Waals surface area contributed by atoms with E-state index in [0.29, 0.717) is 5.69 Å². The Labute approximate surface area is 77.1 Å². The first-order chi connectivity index (χ1) is 6.70. The fourth-order valence-corrected chi connectivity index (χ4v) is 1.49. The topological polar surface area (TPSA) is 76.1 Å². The van der Waals surface area contributed by atoms with Gasteiger partial charge in [0.1, 0.15) is 5.56 Å². The predicted molar refractivity (Wildman–Crippen MR) is 41.6 cm³/mol. The second-order valence-electron chi connectivity index (χ2n) is 2.89. The quantitative estimate of drug-likeness (QED) is 0.469. The number of hydrogen-bond acceptors (Lipinski definition) is 5. The van der Waals surface area contributed by atoms with Gasteiger partial charge in [0, 0.05) is 0 Å². The summed E-state index contributed by atoms with van der Waals surface area (Å²) in [5, 5.41) is 10.1. The molecule has 1 amide bonds. The highest BCUT2D eigenvalue weighted by Gasteiger charge is 2.45. The first kappa shape index (κ1) is 7.34. The highest BCUT2D eigenvalue weighted by atomic mass is 17.3. The van der Waals surface area contributed by atoms with Crippen molar-refractivity contribution in [2.75, 3.05) is 5.06 Å². The highest BCUT2D eigenvalue weighted by Crippen LogP contribution is 2.44. The molecule has 0 saturated carbocycles. The number of carbonyl (C=O) groups is 2. The summed E-state index contributed by atoms with van der Waals surface area (Å²) in [6.45, 7) is 0. The van der Waals surface area contributed by atoms with Gasteiger partial charge in [-0.25, -0.2) is 0 Å². The van der Waals surface area contributed by atoms with E-state index in [2.05, 4.69) is 9.88 Å². The molecule has 6 heteroatoms. The van der Waals surface area contributed by atoms with Crippen LogP contribution < -0.4 is 9.95 Å². The van der Waals surface area contributed by atoms with Gasteiger partial charge < -0.3 is 9.99 Å². The number of Topliss-reactive ketones (excluding diaryl/α,β-unsaturated/α-hetero) is 1. The fraction of sp³-hybridized carbons (Fsp3) is 0. The first-order valence-electron chi connectivity index (χ1n) is 3.79. The normalized spacial score (nSPS) is 17.3. The number of carbonyl (C=O) groups excluding carboxylic acids is 2. The Kier molecular flexibility index (Phi) is 1.07. The molecule has 2 heterocycles. The molecule has 70 valence electrons. The van der Waals surface area contributed by atoms with Gasteiger partial charge in [-0.3, -0.25) is 9.59 Å². The summed E-state index contributed by atoms with van der Waals surface area (Å²) < 4.78 is 0. The molecule has 0 fully saturated rings. The number of amides is 1. The molecule has 0 aliphatic carbocycles. The molecule has 1 aromatic rings. The smallest absolute Gasteiger partial charge is 0.326 e. The Hall–Kier alpha value is -2.08.